The number of rotatable bonds is 6. The highest BCUT2D eigenvalue weighted by Gasteiger charge is 2.36. The molecular weight excluding hydrogens is 619 g/mol. The van der Waals surface area contributed by atoms with Gasteiger partial charge in [-0.05, 0) is 49.7 Å². The number of halogens is 3. The standard InChI is InChI=1S/C30H27BrCl2N2O5/c1-15(36)40-30(5,6)28(38)35-24-21-14-20(16-7-10-18(32)11-8-16)23(19-12-9-17(31)13-22(19)33)34-27(21)39-25(24)26(37)29(2,3)4/h7-14H,1-6H3,(H,35,38). The second kappa shape index (κ2) is 11.0. The van der Waals surface area contributed by atoms with Crippen molar-refractivity contribution in [2.45, 2.75) is 47.1 Å². The van der Waals surface area contributed by atoms with Crippen LogP contribution in [0.1, 0.15) is 52.1 Å². The van der Waals surface area contributed by atoms with E-state index in [-0.39, 0.29) is 22.9 Å². The van der Waals surface area contributed by atoms with Crippen LogP contribution in [0.15, 0.2) is 57.4 Å². The Morgan fingerprint density at radius 2 is 1.60 bits per heavy atom. The molecule has 0 aliphatic rings. The number of furan rings is 1. The number of carbonyl (C=O) groups excluding carboxylic acids is 3. The van der Waals surface area contributed by atoms with Crippen molar-refractivity contribution in [1.82, 2.24) is 4.98 Å². The minimum Gasteiger partial charge on any atom is -0.450 e. The van der Waals surface area contributed by atoms with Crippen molar-refractivity contribution < 1.29 is 23.5 Å². The monoisotopic (exact) mass is 644 g/mol. The number of esters is 1. The molecule has 0 aliphatic heterocycles. The molecule has 0 radical (unpaired) electrons. The third-order valence-electron chi connectivity index (χ3n) is 6.10. The molecule has 7 nitrogen and oxygen atoms in total. The zero-order chi connectivity index (χ0) is 29.6. The van der Waals surface area contributed by atoms with Crippen molar-refractivity contribution in [3.63, 3.8) is 0 Å². The third kappa shape index (κ3) is 6.09. The zero-order valence-corrected chi connectivity index (χ0v) is 25.8. The lowest BCUT2D eigenvalue weighted by Crippen LogP contribution is -2.41. The Morgan fingerprint density at radius 1 is 0.950 bits per heavy atom. The van der Waals surface area contributed by atoms with E-state index in [1.54, 1.807) is 45.0 Å². The van der Waals surface area contributed by atoms with Crippen molar-refractivity contribution in [2.75, 3.05) is 5.32 Å². The molecule has 2 aromatic carbocycles. The number of carbonyl (C=O) groups is 3. The lowest BCUT2D eigenvalue weighted by molar-refractivity contribution is -0.160. The van der Waals surface area contributed by atoms with Crippen LogP contribution >= 0.6 is 39.1 Å². The molecule has 40 heavy (non-hydrogen) atoms. The van der Waals surface area contributed by atoms with Crippen LogP contribution in [0.5, 0.6) is 0 Å². The van der Waals surface area contributed by atoms with Gasteiger partial charge in [-0.25, -0.2) is 4.98 Å². The molecule has 0 bridgehead atoms. The van der Waals surface area contributed by atoms with Crippen molar-refractivity contribution in [3.05, 3.63) is 68.8 Å². The van der Waals surface area contributed by atoms with E-state index in [9.17, 15) is 14.4 Å². The van der Waals surface area contributed by atoms with Crippen LogP contribution in [0.3, 0.4) is 0 Å². The first-order valence-electron chi connectivity index (χ1n) is 12.3. The number of fused-ring (bicyclic) bond motifs is 1. The van der Waals surface area contributed by atoms with E-state index in [1.165, 1.54) is 20.8 Å². The number of amides is 1. The van der Waals surface area contributed by atoms with Crippen molar-refractivity contribution in [3.8, 4) is 22.4 Å². The maximum atomic E-state index is 13.5. The summed E-state index contributed by atoms with van der Waals surface area (Å²) in [6.07, 6.45) is 0. The third-order valence-corrected chi connectivity index (χ3v) is 7.15. The normalized spacial score (nSPS) is 11.9. The number of nitrogens with one attached hydrogen (secondary N) is 1. The Bertz CT molecular complexity index is 1650. The average molecular weight is 646 g/mol. The van der Waals surface area contributed by atoms with Crippen LogP contribution < -0.4 is 5.32 Å². The highest BCUT2D eigenvalue weighted by atomic mass is 79.9. The number of benzene rings is 2. The summed E-state index contributed by atoms with van der Waals surface area (Å²) in [5, 5.41) is 4.17. The van der Waals surface area contributed by atoms with Crippen LogP contribution in [0.2, 0.25) is 10.0 Å². The molecule has 4 aromatic rings. The number of ketones is 1. The molecule has 10 heteroatoms. The zero-order valence-electron chi connectivity index (χ0n) is 22.7. The molecule has 0 saturated heterocycles. The highest BCUT2D eigenvalue weighted by molar-refractivity contribution is 9.10. The summed E-state index contributed by atoms with van der Waals surface area (Å²) in [5.41, 5.74) is 0.488. The van der Waals surface area contributed by atoms with Gasteiger partial charge in [0.25, 0.3) is 5.91 Å². The number of aromatic nitrogens is 1. The SMILES string of the molecule is CC(=O)OC(C)(C)C(=O)Nc1c(C(=O)C(C)(C)C)oc2nc(-c3ccc(Br)cc3Cl)c(-c3ccc(Cl)cc3)cc12. The smallest absolute Gasteiger partial charge is 0.303 e. The van der Waals surface area contributed by atoms with Gasteiger partial charge in [-0.15, -0.1) is 0 Å². The molecule has 2 aromatic heterocycles. The molecule has 0 atom stereocenters. The van der Waals surface area contributed by atoms with Crippen molar-refractivity contribution >= 4 is 73.6 Å². The second-order valence-corrected chi connectivity index (χ2v) is 12.6. The Labute approximate surface area is 250 Å². The second-order valence-electron chi connectivity index (χ2n) is 10.8. The summed E-state index contributed by atoms with van der Waals surface area (Å²) in [5.74, 6) is -1.67. The van der Waals surface area contributed by atoms with Crippen LogP contribution in [-0.4, -0.2) is 28.2 Å². The maximum Gasteiger partial charge on any atom is 0.303 e. The lowest BCUT2D eigenvalue weighted by atomic mass is 9.88. The number of nitrogens with zero attached hydrogens (tertiary/aromatic N) is 1. The quantitative estimate of drug-likeness (QED) is 0.166. The van der Waals surface area contributed by atoms with E-state index in [4.69, 9.17) is 37.3 Å². The number of anilines is 1. The van der Waals surface area contributed by atoms with Gasteiger partial charge in [0, 0.05) is 33.0 Å². The molecular formula is C30H27BrCl2N2O5. The molecule has 2 heterocycles. The van der Waals surface area contributed by atoms with Crippen LogP contribution in [0.4, 0.5) is 5.69 Å². The molecule has 1 amide bonds. The van der Waals surface area contributed by atoms with E-state index in [0.717, 1.165) is 10.0 Å². The molecule has 0 aliphatic carbocycles. The van der Waals surface area contributed by atoms with E-state index < -0.39 is 22.9 Å². The van der Waals surface area contributed by atoms with Crippen LogP contribution in [0.25, 0.3) is 33.5 Å². The summed E-state index contributed by atoms with van der Waals surface area (Å²) in [4.78, 5) is 43.2. The molecule has 1 N–H and O–H groups in total. The fourth-order valence-corrected chi connectivity index (χ4v) is 4.94. The van der Waals surface area contributed by atoms with Gasteiger partial charge in [0.15, 0.2) is 11.4 Å². The van der Waals surface area contributed by atoms with Gasteiger partial charge in [-0.2, -0.15) is 0 Å². The predicted molar refractivity (Wildman–Crippen MR) is 161 cm³/mol. The molecule has 208 valence electrons. The van der Waals surface area contributed by atoms with Crippen LogP contribution in [0, 0.1) is 5.41 Å². The van der Waals surface area contributed by atoms with E-state index in [2.05, 4.69) is 21.2 Å². The van der Waals surface area contributed by atoms with Gasteiger partial charge >= 0.3 is 5.97 Å². The molecule has 0 spiro atoms. The van der Waals surface area contributed by atoms with Gasteiger partial charge in [0.05, 0.1) is 16.1 Å². The first kappa shape index (κ1) is 29.8. The Hall–Kier alpha value is -3.20. The van der Waals surface area contributed by atoms with Crippen molar-refractivity contribution in [2.24, 2.45) is 5.41 Å². The maximum absolute atomic E-state index is 13.5. The summed E-state index contributed by atoms with van der Waals surface area (Å²) in [7, 11) is 0. The van der Waals surface area contributed by atoms with Gasteiger partial charge in [-0.1, -0.05) is 78.1 Å². The molecule has 0 saturated carbocycles. The number of hydrogen-bond donors (Lipinski definition) is 1. The first-order chi connectivity index (χ1) is 18.6. The predicted octanol–water partition coefficient (Wildman–Crippen LogP) is 8.74. The fourth-order valence-electron chi connectivity index (χ4n) is 4.05. The minimum absolute atomic E-state index is 0.0666. The first-order valence-corrected chi connectivity index (χ1v) is 13.9. The van der Waals surface area contributed by atoms with Crippen LogP contribution in [-0.2, 0) is 14.3 Å². The average Bonchev–Trinajstić information content (AvgIpc) is 3.19. The summed E-state index contributed by atoms with van der Waals surface area (Å²) in [6.45, 7) is 9.38. The minimum atomic E-state index is -1.52. The lowest BCUT2D eigenvalue weighted by Gasteiger charge is -2.23. The topological polar surface area (TPSA) is 98.5 Å². The van der Waals surface area contributed by atoms with Crippen molar-refractivity contribution in [1.29, 1.82) is 0 Å². The van der Waals surface area contributed by atoms with Gasteiger partial charge in [-0.3, -0.25) is 14.4 Å². The molecule has 0 unspecified atom stereocenters. The summed E-state index contributed by atoms with van der Waals surface area (Å²) < 4.78 is 12.1. The largest absolute Gasteiger partial charge is 0.450 e. The van der Waals surface area contributed by atoms with Gasteiger partial charge < -0.3 is 14.5 Å². The summed E-state index contributed by atoms with van der Waals surface area (Å²) in [6, 6.07) is 14.4. The number of hydrogen-bond acceptors (Lipinski definition) is 6. The highest BCUT2D eigenvalue weighted by Crippen LogP contribution is 2.42. The number of pyridine rings is 1. The van der Waals surface area contributed by atoms with E-state index in [0.29, 0.717) is 32.3 Å². The number of Topliss-reactive ketones (excluding diaryl/α,β-unsaturated/α-hetero) is 1. The van der Waals surface area contributed by atoms with E-state index >= 15 is 0 Å². The Balaban J connectivity index is 2.03. The molecule has 4 rings (SSSR count). The Kier molecular flexibility index (Phi) is 8.18. The van der Waals surface area contributed by atoms with Gasteiger partial charge in [0.1, 0.15) is 5.69 Å². The number of ether oxygens (including phenoxy) is 1. The Morgan fingerprint density at radius 3 is 2.17 bits per heavy atom. The van der Waals surface area contributed by atoms with Gasteiger partial charge in [0.2, 0.25) is 11.5 Å². The fraction of sp³-hybridized carbons (Fsp3) is 0.267. The summed E-state index contributed by atoms with van der Waals surface area (Å²) >= 11 is 16.2. The van der Waals surface area contributed by atoms with E-state index in [1.807, 2.05) is 24.3 Å². The molecule has 0 fully saturated rings.